The molecule has 1 spiro atoms. The summed E-state index contributed by atoms with van der Waals surface area (Å²) >= 11 is 0. The summed E-state index contributed by atoms with van der Waals surface area (Å²) in [5.41, 5.74) is 0.0250. The van der Waals surface area contributed by atoms with Gasteiger partial charge in [0.25, 0.3) is 0 Å². The van der Waals surface area contributed by atoms with Gasteiger partial charge in [-0.3, -0.25) is 4.79 Å². The van der Waals surface area contributed by atoms with E-state index in [1.54, 1.807) is 7.11 Å². The molecule has 2 aliphatic rings. The third kappa shape index (κ3) is 1.72. The van der Waals surface area contributed by atoms with Crippen molar-refractivity contribution >= 4 is 5.78 Å². The number of carbonyl (C=O) groups is 1. The first kappa shape index (κ1) is 10.2. The predicted octanol–water partition coefficient (Wildman–Crippen LogP) is 2.70. The molecule has 0 heterocycles. The third-order valence-corrected chi connectivity index (χ3v) is 4.03. The molecule has 2 heteroatoms. The van der Waals surface area contributed by atoms with Crippen LogP contribution in [0.2, 0.25) is 0 Å². The molecule has 2 nitrogen and oxygen atoms in total. The van der Waals surface area contributed by atoms with Gasteiger partial charge in [0.15, 0.2) is 0 Å². The van der Waals surface area contributed by atoms with Crippen LogP contribution in [0.3, 0.4) is 0 Å². The van der Waals surface area contributed by atoms with Crippen LogP contribution in [0.5, 0.6) is 0 Å². The van der Waals surface area contributed by atoms with E-state index in [0.29, 0.717) is 11.9 Å². The van der Waals surface area contributed by atoms with E-state index in [2.05, 4.69) is 0 Å². The third-order valence-electron chi connectivity index (χ3n) is 4.03. The molecule has 0 saturated heterocycles. The second kappa shape index (κ2) is 4.01. The Balaban J connectivity index is 2.12. The molecule has 0 radical (unpaired) electrons. The number of hydrogen-bond donors (Lipinski definition) is 0. The maximum Gasteiger partial charge on any atom is 0.139 e. The van der Waals surface area contributed by atoms with Crippen LogP contribution in [-0.4, -0.2) is 19.0 Å². The second-order valence-electron chi connectivity index (χ2n) is 4.86. The van der Waals surface area contributed by atoms with Crippen molar-refractivity contribution in [1.82, 2.24) is 0 Å². The molecular formula is C12H20O2. The molecule has 2 fully saturated rings. The fourth-order valence-electron chi connectivity index (χ4n) is 3.15. The summed E-state index contributed by atoms with van der Waals surface area (Å²) in [5.74, 6) is 0.515. The highest BCUT2D eigenvalue weighted by Gasteiger charge is 2.43. The van der Waals surface area contributed by atoms with Crippen molar-refractivity contribution in [3.05, 3.63) is 0 Å². The maximum absolute atomic E-state index is 11.9. The molecule has 2 aliphatic carbocycles. The lowest BCUT2D eigenvalue weighted by Gasteiger charge is -2.28. The minimum absolute atomic E-state index is 0.0250. The monoisotopic (exact) mass is 196 g/mol. The minimum Gasteiger partial charge on any atom is -0.381 e. The lowest BCUT2D eigenvalue weighted by molar-refractivity contribution is -0.127. The Labute approximate surface area is 86.0 Å². The fraction of sp³-hybridized carbons (Fsp3) is 0.917. The topological polar surface area (TPSA) is 26.3 Å². The second-order valence-corrected chi connectivity index (χ2v) is 4.86. The Morgan fingerprint density at radius 2 is 2.07 bits per heavy atom. The van der Waals surface area contributed by atoms with Crippen molar-refractivity contribution in [2.45, 2.75) is 57.5 Å². The van der Waals surface area contributed by atoms with E-state index in [4.69, 9.17) is 4.74 Å². The molecule has 0 amide bonds. The molecule has 14 heavy (non-hydrogen) atoms. The molecular weight excluding hydrogens is 176 g/mol. The van der Waals surface area contributed by atoms with Crippen molar-refractivity contribution in [3.8, 4) is 0 Å². The summed E-state index contributed by atoms with van der Waals surface area (Å²) in [6, 6.07) is 0. The molecule has 2 rings (SSSR count). The van der Waals surface area contributed by atoms with Crippen LogP contribution in [0, 0.1) is 5.41 Å². The van der Waals surface area contributed by atoms with Gasteiger partial charge in [-0.15, -0.1) is 0 Å². The van der Waals surface area contributed by atoms with Gasteiger partial charge in [0.2, 0.25) is 0 Å². The highest BCUT2D eigenvalue weighted by Crippen LogP contribution is 2.45. The van der Waals surface area contributed by atoms with E-state index < -0.39 is 0 Å². The SMILES string of the molecule is COC1CCCCC2(CCCC2=O)C1. The normalized spacial score (nSPS) is 38.9. The van der Waals surface area contributed by atoms with Crippen molar-refractivity contribution in [2.24, 2.45) is 5.41 Å². The Morgan fingerprint density at radius 1 is 1.29 bits per heavy atom. The van der Waals surface area contributed by atoms with Gasteiger partial charge in [-0.05, 0) is 32.1 Å². The molecule has 80 valence electrons. The van der Waals surface area contributed by atoms with Crippen LogP contribution in [0.25, 0.3) is 0 Å². The van der Waals surface area contributed by atoms with Crippen LogP contribution in [0.15, 0.2) is 0 Å². The molecule has 0 aliphatic heterocycles. The van der Waals surface area contributed by atoms with Gasteiger partial charge >= 0.3 is 0 Å². The molecule has 0 bridgehead atoms. The van der Waals surface area contributed by atoms with Crippen LogP contribution < -0.4 is 0 Å². The number of hydrogen-bond acceptors (Lipinski definition) is 2. The Hall–Kier alpha value is -0.370. The Morgan fingerprint density at radius 3 is 2.71 bits per heavy atom. The van der Waals surface area contributed by atoms with Crippen LogP contribution >= 0.6 is 0 Å². The average molecular weight is 196 g/mol. The zero-order chi connectivity index (χ0) is 10.0. The number of ketones is 1. The van der Waals surface area contributed by atoms with Crippen LogP contribution in [0.4, 0.5) is 0 Å². The molecule has 0 aromatic heterocycles. The zero-order valence-corrected chi connectivity index (χ0v) is 9.05. The maximum atomic E-state index is 11.9. The van der Waals surface area contributed by atoms with Gasteiger partial charge in [0, 0.05) is 18.9 Å². The van der Waals surface area contributed by atoms with E-state index in [9.17, 15) is 4.79 Å². The number of methoxy groups -OCH3 is 1. The van der Waals surface area contributed by atoms with Gasteiger partial charge in [0.05, 0.1) is 6.10 Å². The van der Waals surface area contributed by atoms with Crippen molar-refractivity contribution in [1.29, 1.82) is 0 Å². The summed E-state index contributed by atoms with van der Waals surface area (Å²) in [4.78, 5) is 11.9. The summed E-state index contributed by atoms with van der Waals surface area (Å²) in [5, 5.41) is 0. The van der Waals surface area contributed by atoms with E-state index in [0.717, 1.165) is 38.5 Å². The Bertz CT molecular complexity index is 224. The van der Waals surface area contributed by atoms with E-state index in [-0.39, 0.29) is 5.41 Å². The van der Waals surface area contributed by atoms with Crippen molar-refractivity contribution in [3.63, 3.8) is 0 Å². The van der Waals surface area contributed by atoms with Gasteiger partial charge in [-0.1, -0.05) is 12.8 Å². The summed E-state index contributed by atoms with van der Waals surface area (Å²) < 4.78 is 5.45. The predicted molar refractivity (Wildman–Crippen MR) is 55.2 cm³/mol. The lowest BCUT2D eigenvalue weighted by atomic mass is 9.77. The van der Waals surface area contributed by atoms with E-state index in [1.165, 1.54) is 12.8 Å². The highest BCUT2D eigenvalue weighted by atomic mass is 16.5. The smallest absolute Gasteiger partial charge is 0.139 e. The standard InChI is InChI=1S/C12H20O2/c1-14-10-5-2-3-7-12(9-10)8-4-6-11(12)13/h10H,2-9H2,1H3. The molecule has 2 saturated carbocycles. The first-order chi connectivity index (χ1) is 6.77. The quantitative estimate of drug-likeness (QED) is 0.644. The highest BCUT2D eigenvalue weighted by molar-refractivity contribution is 5.86. The zero-order valence-electron chi connectivity index (χ0n) is 9.05. The number of Topliss-reactive ketones (excluding diaryl/α,β-unsaturated/α-hetero) is 1. The summed E-state index contributed by atoms with van der Waals surface area (Å²) in [6.45, 7) is 0. The number of carbonyl (C=O) groups excluding carboxylic acids is 1. The first-order valence-corrected chi connectivity index (χ1v) is 5.83. The fourth-order valence-corrected chi connectivity index (χ4v) is 3.15. The van der Waals surface area contributed by atoms with Crippen molar-refractivity contribution < 1.29 is 9.53 Å². The van der Waals surface area contributed by atoms with Crippen LogP contribution in [0.1, 0.15) is 51.4 Å². The molecule has 2 atom stereocenters. The summed E-state index contributed by atoms with van der Waals surface area (Å²) in [7, 11) is 1.78. The summed E-state index contributed by atoms with van der Waals surface area (Å²) in [6.07, 6.45) is 9.07. The molecule has 0 aromatic rings. The van der Waals surface area contributed by atoms with Gasteiger partial charge < -0.3 is 4.74 Å². The van der Waals surface area contributed by atoms with E-state index >= 15 is 0 Å². The Kier molecular flexibility index (Phi) is 2.91. The first-order valence-electron chi connectivity index (χ1n) is 5.83. The largest absolute Gasteiger partial charge is 0.381 e. The number of ether oxygens (including phenoxy) is 1. The average Bonchev–Trinajstić information content (AvgIpc) is 2.43. The number of rotatable bonds is 1. The molecule has 0 N–H and O–H groups in total. The van der Waals surface area contributed by atoms with E-state index in [1.807, 2.05) is 0 Å². The van der Waals surface area contributed by atoms with Gasteiger partial charge in [-0.2, -0.15) is 0 Å². The van der Waals surface area contributed by atoms with Gasteiger partial charge in [0.1, 0.15) is 5.78 Å². The minimum atomic E-state index is 0.0250. The van der Waals surface area contributed by atoms with Crippen LogP contribution in [-0.2, 0) is 9.53 Å². The van der Waals surface area contributed by atoms with Crippen molar-refractivity contribution in [2.75, 3.05) is 7.11 Å². The molecule has 2 unspecified atom stereocenters. The molecule has 0 aromatic carbocycles. The lowest BCUT2D eigenvalue weighted by Crippen LogP contribution is -2.29. The van der Waals surface area contributed by atoms with Gasteiger partial charge in [-0.25, -0.2) is 0 Å².